The average molecular weight is 529 g/mol. The quantitative estimate of drug-likeness (QED) is 0.303. The molecule has 10 heteroatoms. The minimum Gasteiger partial charge on any atom is -0.337 e. The second kappa shape index (κ2) is 12.2. The molecule has 189 valence electrons. The van der Waals surface area contributed by atoms with E-state index < -0.39 is 16.1 Å². The summed E-state index contributed by atoms with van der Waals surface area (Å²) in [6.07, 6.45) is 1.37. The van der Waals surface area contributed by atoms with E-state index in [4.69, 9.17) is 10.7 Å². The fourth-order valence-corrected chi connectivity index (χ4v) is 5.03. The molecule has 0 aliphatic carbocycles. The smallest absolute Gasteiger partial charge is 0.328 e. The molecule has 1 radical (unpaired) electrons. The summed E-state index contributed by atoms with van der Waals surface area (Å²) in [5, 5.41) is 2.61. The van der Waals surface area contributed by atoms with Gasteiger partial charge in [0, 0.05) is 54.8 Å². The van der Waals surface area contributed by atoms with Gasteiger partial charge in [-0.3, -0.25) is 4.57 Å². The first kappa shape index (κ1) is 28.9. The van der Waals surface area contributed by atoms with Gasteiger partial charge in [0.25, 0.3) is 10.0 Å². The third-order valence-electron chi connectivity index (χ3n) is 6.33. The first-order chi connectivity index (χ1) is 17.2. The van der Waals surface area contributed by atoms with Crippen molar-refractivity contribution >= 4 is 56.6 Å². The van der Waals surface area contributed by atoms with Crippen LogP contribution in [0.25, 0.3) is 16.7 Å². The molecule has 0 fully saturated rings. The number of hydrogen-bond donors (Lipinski definition) is 3. The molecule has 0 saturated heterocycles. The summed E-state index contributed by atoms with van der Waals surface area (Å²) < 4.78 is 29.0. The van der Waals surface area contributed by atoms with Crippen molar-refractivity contribution in [1.29, 1.82) is 0 Å². The number of rotatable bonds is 8. The Kier molecular flexibility index (Phi) is 9.55. The number of fused-ring (bicyclic) bond motifs is 1. The van der Waals surface area contributed by atoms with Crippen molar-refractivity contribution < 1.29 is 13.2 Å². The molecule has 4 aromatic rings. The number of hydrogen-bond acceptors (Lipinski definition) is 5. The Hall–Kier alpha value is -2.69. The molecule has 8 nitrogen and oxygen atoms in total. The van der Waals surface area contributed by atoms with Crippen molar-refractivity contribution in [2.24, 2.45) is 5.73 Å². The molecule has 4 rings (SSSR count). The molecule has 0 saturated carbocycles. The van der Waals surface area contributed by atoms with E-state index in [1.807, 2.05) is 29.0 Å². The maximum absolute atomic E-state index is 12.4. The summed E-state index contributed by atoms with van der Waals surface area (Å²) >= 11 is 0. The number of sulfonamides is 1. The molecule has 2 amide bonds. The number of aryl methyl sites for hydroxylation is 3. The molecule has 0 atom stereocenters. The zero-order valence-corrected chi connectivity index (χ0v) is 24.5. The van der Waals surface area contributed by atoms with E-state index in [0.29, 0.717) is 19.5 Å². The van der Waals surface area contributed by atoms with Crippen molar-refractivity contribution in [2.75, 3.05) is 6.54 Å². The molecule has 4 N–H and O–H groups in total. The number of carbonyl (C=O) groups excluding carboxylic acids is 1. The van der Waals surface area contributed by atoms with E-state index in [9.17, 15) is 13.2 Å². The number of amides is 2. The van der Waals surface area contributed by atoms with Crippen LogP contribution in [0.2, 0.25) is 0 Å². The van der Waals surface area contributed by atoms with E-state index in [-0.39, 0.29) is 34.5 Å². The number of benzene rings is 3. The first-order valence-electron chi connectivity index (χ1n) is 11.9. The zero-order chi connectivity index (χ0) is 25.9. The van der Waals surface area contributed by atoms with Crippen molar-refractivity contribution in [3.63, 3.8) is 0 Å². The maximum atomic E-state index is 12.4. The Labute approximate surface area is 240 Å². The normalized spacial score (nSPS) is 11.2. The molecule has 0 aliphatic heterocycles. The number of carbonyl (C=O) groups is 1. The van der Waals surface area contributed by atoms with Crippen LogP contribution in [0, 0.1) is 13.8 Å². The fourth-order valence-electron chi connectivity index (χ4n) is 4.11. The molecule has 1 heterocycles. The molecule has 37 heavy (non-hydrogen) atoms. The monoisotopic (exact) mass is 528 g/mol. The summed E-state index contributed by atoms with van der Waals surface area (Å²) in [4.78, 5) is 17.1. The molecular weight excluding hydrogens is 497 g/mol. The summed E-state index contributed by atoms with van der Waals surface area (Å²) in [6, 6.07) is 17.7. The average Bonchev–Trinajstić information content (AvgIpc) is 3.26. The second-order valence-corrected chi connectivity index (χ2v) is 10.4. The van der Waals surface area contributed by atoms with Gasteiger partial charge in [-0.2, -0.15) is 0 Å². The van der Waals surface area contributed by atoms with Gasteiger partial charge in [-0.1, -0.05) is 37.3 Å². The van der Waals surface area contributed by atoms with Gasteiger partial charge in [0.15, 0.2) is 0 Å². The molecule has 0 unspecified atom stereocenters. The van der Waals surface area contributed by atoms with E-state index in [0.717, 1.165) is 40.1 Å². The minimum atomic E-state index is -3.95. The Balaban J connectivity index is 0.00000380. The number of nitrogens with one attached hydrogen (secondary N) is 2. The van der Waals surface area contributed by atoms with Crippen LogP contribution in [0.3, 0.4) is 0 Å². The number of nitrogens with zero attached hydrogens (tertiary/aromatic N) is 2. The van der Waals surface area contributed by atoms with Crippen LogP contribution in [0.5, 0.6) is 0 Å². The summed E-state index contributed by atoms with van der Waals surface area (Å²) in [6.45, 7) is 6.90. The maximum Gasteiger partial charge on any atom is 0.328 e. The minimum absolute atomic E-state index is 0. The van der Waals surface area contributed by atoms with Crippen LogP contribution in [0.15, 0.2) is 65.6 Å². The first-order valence-corrected chi connectivity index (χ1v) is 13.4. The Morgan fingerprint density at radius 2 is 1.62 bits per heavy atom. The number of imidazole rings is 1. The predicted molar refractivity (Wildman–Crippen MR) is 147 cm³/mol. The standard InChI is InChI=1S/C27H31N5O3S.Na/c1-4-25-30-26-19(3)18(2)5-14-24(26)32(25)22-10-6-20(7-11-22)15-16-29-27(33)31-36(34,35)23-12-8-21(17-28)9-13-23;/h5-14H,4,15-17,28H2,1-3H3,(H2,29,31,33);. The van der Waals surface area contributed by atoms with Crippen LogP contribution in [-0.2, 0) is 29.4 Å². The fraction of sp³-hybridized carbons (Fsp3) is 0.259. The van der Waals surface area contributed by atoms with Gasteiger partial charge in [0.2, 0.25) is 0 Å². The molecule has 0 spiro atoms. The van der Waals surface area contributed by atoms with Crippen LogP contribution in [-0.4, -0.2) is 60.1 Å². The Morgan fingerprint density at radius 3 is 2.24 bits per heavy atom. The Bertz CT molecular complexity index is 1500. The van der Waals surface area contributed by atoms with Crippen molar-refractivity contribution in [1.82, 2.24) is 19.6 Å². The molecular formula is C27H31N5NaO3S. The van der Waals surface area contributed by atoms with Gasteiger partial charge in [0.05, 0.1) is 15.9 Å². The topological polar surface area (TPSA) is 119 Å². The van der Waals surface area contributed by atoms with Crippen LogP contribution < -0.4 is 15.8 Å². The summed E-state index contributed by atoms with van der Waals surface area (Å²) in [5.74, 6) is 1.00. The summed E-state index contributed by atoms with van der Waals surface area (Å²) in [5.41, 5.74) is 12.9. The third kappa shape index (κ3) is 6.42. The van der Waals surface area contributed by atoms with Gasteiger partial charge in [-0.25, -0.2) is 22.9 Å². The molecule has 3 aromatic carbocycles. The van der Waals surface area contributed by atoms with Gasteiger partial charge in [-0.05, 0) is 72.9 Å². The Morgan fingerprint density at radius 1 is 0.973 bits per heavy atom. The van der Waals surface area contributed by atoms with E-state index in [1.54, 1.807) is 12.1 Å². The van der Waals surface area contributed by atoms with Gasteiger partial charge >= 0.3 is 6.03 Å². The van der Waals surface area contributed by atoms with Crippen molar-refractivity contribution in [3.8, 4) is 5.69 Å². The van der Waals surface area contributed by atoms with Crippen LogP contribution in [0.4, 0.5) is 4.79 Å². The summed E-state index contributed by atoms with van der Waals surface area (Å²) in [7, 11) is -3.95. The van der Waals surface area contributed by atoms with Gasteiger partial charge in [0.1, 0.15) is 5.82 Å². The third-order valence-corrected chi connectivity index (χ3v) is 7.67. The van der Waals surface area contributed by atoms with Gasteiger partial charge < -0.3 is 11.1 Å². The van der Waals surface area contributed by atoms with Gasteiger partial charge in [-0.15, -0.1) is 0 Å². The van der Waals surface area contributed by atoms with E-state index >= 15 is 0 Å². The van der Waals surface area contributed by atoms with Crippen molar-refractivity contribution in [3.05, 3.63) is 88.7 Å². The van der Waals surface area contributed by atoms with Crippen LogP contribution >= 0.6 is 0 Å². The molecule has 1 aromatic heterocycles. The number of aromatic nitrogens is 2. The van der Waals surface area contributed by atoms with E-state index in [1.165, 1.54) is 23.3 Å². The molecule has 0 bridgehead atoms. The SMILES string of the molecule is CCc1nc2c(C)c(C)ccc2n1-c1ccc(CCNC(=O)NS(=O)(=O)c2ccc(CN)cc2)cc1.[Na]. The zero-order valence-electron chi connectivity index (χ0n) is 21.7. The molecule has 0 aliphatic rings. The number of nitrogens with two attached hydrogens (primary N) is 1. The predicted octanol–water partition coefficient (Wildman–Crippen LogP) is 3.51. The van der Waals surface area contributed by atoms with Crippen LogP contribution in [0.1, 0.15) is 35.0 Å². The number of urea groups is 1. The van der Waals surface area contributed by atoms with E-state index in [2.05, 4.69) is 42.8 Å². The van der Waals surface area contributed by atoms with Crippen molar-refractivity contribution in [2.45, 2.75) is 45.1 Å². The second-order valence-electron chi connectivity index (χ2n) is 8.72. The largest absolute Gasteiger partial charge is 0.337 e.